The van der Waals surface area contributed by atoms with Gasteiger partial charge in [0.25, 0.3) is 0 Å². The molecule has 0 spiro atoms. The Labute approximate surface area is 108 Å². The van der Waals surface area contributed by atoms with E-state index < -0.39 is 11.9 Å². The van der Waals surface area contributed by atoms with E-state index in [-0.39, 0.29) is 35.8 Å². The highest BCUT2D eigenvalue weighted by Gasteiger charge is 2.37. The Morgan fingerprint density at radius 3 is 2.94 bits per heavy atom. The summed E-state index contributed by atoms with van der Waals surface area (Å²) in [6.07, 6.45) is 0.0719. The Morgan fingerprint density at radius 1 is 1.61 bits per heavy atom. The van der Waals surface area contributed by atoms with Crippen molar-refractivity contribution in [2.24, 2.45) is 5.92 Å². The van der Waals surface area contributed by atoms with Crippen molar-refractivity contribution in [3.63, 3.8) is 0 Å². The molecule has 2 N–H and O–H groups in total. The van der Waals surface area contributed by atoms with Gasteiger partial charge in [0.05, 0.1) is 13.0 Å². The minimum Gasteiger partial charge on any atom is -0.469 e. The predicted octanol–water partition coefficient (Wildman–Crippen LogP) is 0.238. The second-order valence-corrected chi connectivity index (χ2v) is 4.23. The number of carbonyl (C=O) groups is 2. The molecule has 1 aromatic heterocycles. The molecule has 18 heavy (non-hydrogen) atoms. The number of hydrogen-bond acceptors (Lipinski definition) is 6. The van der Waals surface area contributed by atoms with Crippen LogP contribution in [0.25, 0.3) is 0 Å². The summed E-state index contributed by atoms with van der Waals surface area (Å²) in [6.45, 7) is 0.172. The number of ether oxygens (including phenoxy) is 1. The van der Waals surface area contributed by atoms with Gasteiger partial charge < -0.3 is 10.5 Å². The van der Waals surface area contributed by atoms with Crippen LogP contribution in [0, 0.1) is 5.92 Å². The minimum atomic E-state index is -0.508. The van der Waals surface area contributed by atoms with Crippen LogP contribution >= 0.6 is 11.6 Å². The Balaban J connectivity index is 2.24. The predicted molar refractivity (Wildman–Crippen MR) is 63.9 cm³/mol. The van der Waals surface area contributed by atoms with Gasteiger partial charge in [-0.3, -0.25) is 14.5 Å². The molecule has 1 atom stereocenters. The molecule has 0 aliphatic carbocycles. The highest BCUT2D eigenvalue weighted by molar-refractivity contribution is 6.29. The SMILES string of the molecule is COC(=O)C1CC(=O)N(c2nc(N)cc(Cl)n2)C1. The molecule has 8 heteroatoms. The fraction of sp³-hybridized carbons (Fsp3) is 0.400. The first-order valence-electron chi connectivity index (χ1n) is 5.19. The zero-order valence-electron chi connectivity index (χ0n) is 9.59. The summed E-state index contributed by atoms with van der Waals surface area (Å²) >= 11 is 5.74. The van der Waals surface area contributed by atoms with Crippen LogP contribution in [0.1, 0.15) is 6.42 Å². The molecule has 0 radical (unpaired) electrons. The first kappa shape index (κ1) is 12.6. The smallest absolute Gasteiger partial charge is 0.311 e. The molecule has 1 saturated heterocycles. The molecule has 7 nitrogen and oxygen atoms in total. The second-order valence-electron chi connectivity index (χ2n) is 3.84. The van der Waals surface area contributed by atoms with Crippen molar-refractivity contribution >= 4 is 35.2 Å². The van der Waals surface area contributed by atoms with Crippen LogP contribution < -0.4 is 10.6 Å². The number of methoxy groups -OCH3 is 1. The van der Waals surface area contributed by atoms with Crippen molar-refractivity contribution < 1.29 is 14.3 Å². The lowest BCUT2D eigenvalue weighted by Gasteiger charge is -2.14. The molecule has 1 unspecified atom stereocenters. The monoisotopic (exact) mass is 270 g/mol. The lowest BCUT2D eigenvalue weighted by atomic mass is 10.1. The van der Waals surface area contributed by atoms with Gasteiger partial charge in [-0.2, -0.15) is 4.98 Å². The van der Waals surface area contributed by atoms with Crippen LogP contribution in [0.15, 0.2) is 6.07 Å². The van der Waals surface area contributed by atoms with E-state index in [4.69, 9.17) is 17.3 Å². The number of anilines is 2. The number of halogens is 1. The van der Waals surface area contributed by atoms with E-state index in [2.05, 4.69) is 14.7 Å². The topological polar surface area (TPSA) is 98.4 Å². The highest BCUT2D eigenvalue weighted by atomic mass is 35.5. The second kappa shape index (κ2) is 4.77. The van der Waals surface area contributed by atoms with Crippen molar-refractivity contribution in [3.8, 4) is 0 Å². The van der Waals surface area contributed by atoms with Gasteiger partial charge in [0, 0.05) is 19.0 Å². The lowest BCUT2D eigenvalue weighted by molar-refractivity contribution is -0.145. The van der Waals surface area contributed by atoms with E-state index in [0.717, 1.165) is 0 Å². The minimum absolute atomic E-state index is 0.0719. The molecular formula is C10H11ClN4O3. The maximum absolute atomic E-state index is 11.8. The van der Waals surface area contributed by atoms with Crippen LogP contribution in [0.4, 0.5) is 11.8 Å². The quantitative estimate of drug-likeness (QED) is 0.610. The van der Waals surface area contributed by atoms with Crippen LogP contribution in [0.2, 0.25) is 5.15 Å². The van der Waals surface area contributed by atoms with Crippen LogP contribution in [-0.4, -0.2) is 35.5 Å². The molecule has 1 amide bonds. The molecule has 2 rings (SSSR count). The van der Waals surface area contributed by atoms with Crippen LogP contribution in [0.3, 0.4) is 0 Å². The van der Waals surface area contributed by atoms with Gasteiger partial charge in [-0.25, -0.2) is 4.98 Å². The molecule has 0 saturated carbocycles. The van der Waals surface area contributed by atoms with E-state index in [0.29, 0.717) is 0 Å². The molecule has 0 aromatic carbocycles. The maximum Gasteiger partial charge on any atom is 0.311 e. The third-order valence-corrected chi connectivity index (χ3v) is 2.80. The van der Waals surface area contributed by atoms with Crippen molar-refractivity contribution in [1.29, 1.82) is 0 Å². The van der Waals surface area contributed by atoms with Gasteiger partial charge in [-0.05, 0) is 0 Å². The molecule has 1 aliphatic heterocycles. The summed E-state index contributed by atoms with van der Waals surface area (Å²) in [6, 6.07) is 1.38. The maximum atomic E-state index is 11.8. The molecule has 96 valence electrons. The number of amides is 1. The van der Waals surface area contributed by atoms with Gasteiger partial charge in [-0.1, -0.05) is 11.6 Å². The third-order valence-electron chi connectivity index (χ3n) is 2.60. The Bertz CT molecular complexity index is 488. The van der Waals surface area contributed by atoms with E-state index >= 15 is 0 Å². The normalized spacial score (nSPS) is 19.1. The van der Waals surface area contributed by atoms with Crippen LogP contribution in [0.5, 0.6) is 0 Å². The number of carbonyl (C=O) groups excluding carboxylic acids is 2. The number of nitrogen functional groups attached to an aromatic ring is 1. The number of nitrogens with two attached hydrogens (primary N) is 1. The fourth-order valence-electron chi connectivity index (χ4n) is 1.77. The molecular weight excluding hydrogens is 260 g/mol. The zero-order chi connectivity index (χ0) is 13.3. The first-order valence-corrected chi connectivity index (χ1v) is 5.57. The van der Waals surface area contributed by atoms with Gasteiger partial charge in [0.15, 0.2) is 0 Å². The number of rotatable bonds is 2. The summed E-state index contributed by atoms with van der Waals surface area (Å²) in [5, 5.41) is 0.145. The summed E-state index contributed by atoms with van der Waals surface area (Å²) in [4.78, 5) is 32.3. The Kier molecular flexibility index (Phi) is 3.33. The standard InChI is InChI=1S/C10H11ClN4O3/c1-18-9(17)5-2-8(16)15(4-5)10-13-6(11)3-7(12)14-10/h3,5H,2,4H2,1H3,(H2,12,13,14). The molecule has 1 aromatic rings. The number of nitrogens with zero attached hydrogens (tertiary/aromatic N) is 3. The third kappa shape index (κ3) is 2.35. The number of hydrogen-bond donors (Lipinski definition) is 1. The van der Waals surface area contributed by atoms with Crippen molar-refractivity contribution in [1.82, 2.24) is 9.97 Å². The number of esters is 1. The van der Waals surface area contributed by atoms with Gasteiger partial charge >= 0.3 is 5.97 Å². The van der Waals surface area contributed by atoms with Gasteiger partial charge in [0.1, 0.15) is 11.0 Å². The van der Waals surface area contributed by atoms with E-state index in [1.807, 2.05) is 0 Å². The summed E-state index contributed by atoms with van der Waals surface area (Å²) in [5.41, 5.74) is 5.53. The van der Waals surface area contributed by atoms with Crippen molar-refractivity contribution in [3.05, 3.63) is 11.2 Å². The van der Waals surface area contributed by atoms with Crippen LogP contribution in [-0.2, 0) is 14.3 Å². The van der Waals surface area contributed by atoms with E-state index in [9.17, 15) is 9.59 Å². The summed E-state index contributed by atoms with van der Waals surface area (Å²) in [7, 11) is 1.28. The molecule has 0 bridgehead atoms. The van der Waals surface area contributed by atoms with Crippen molar-refractivity contribution in [2.75, 3.05) is 24.3 Å². The average Bonchev–Trinajstić information content (AvgIpc) is 2.69. The highest BCUT2D eigenvalue weighted by Crippen LogP contribution is 2.24. The average molecular weight is 271 g/mol. The Hall–Kier alpha value is -1.89. The first-order chi connectivity index (χ1) is 8.51. The molecule has 1 fully saturated rings. The summed E-state index contributed by atoms with van der Waals surface area (Å²) in [5.74, 6) is -0.921. The summed E-state index contributed by atoms with van der Waals surface area (Å²) < 4.78 is 4.60. The Morgan fingerprint density at radius 2 is 2.33 bits per heavy atom. The van der Waals surface area contributed by atoms with Crippen molar-refractivity contribution in [2.45, 2.75) is 6.42 Å². The lowest BCUT2D eigenvalue weighted by Crippen LogP contribution is -2.28. The molecule has 1 aliphatic rings. The van der Waals surface area contributed by atoms with E-state index in [1.165, 1.54) is 18.1 Å². The van der Waals surface area contributed by atoms with Gasteiger partial charge in [0.2, 0.25) is 11.9 Å². The van der Waals surface area contributed by atoms with E-state index in [1.54, 1.807) is 0 Å². The zero-order valence-corrected chi connectivity index (χ0v) is 10.3. The number of aromatic nitrogens is 2. The van der Waals surface area contributed by atoms with Gasteiger partial charge in [-0.15, -0.1) is 0 Å². The largest absolute Gasteiger partial charge is 0.469 e. The molecule has 2 heterocycles. The fourth-order valence-corrected chi connectivity index (χ4v) is 1.96.